The first-order valence-electron chi connectivity index (χ1n) is 13.6. The molecular formula is C32H28N2O6. The zero-order valence-electron chi connectivity index (χ0n) is 21.7. The zero-order valence-corrected chi connectivity index (χ0v) is 21.7. The van der Waals surface area contributed by atoms with Crippen LogP contribution in [0.4, 0.5) is 11.4 Å². The Hall–Kier alpha value is -4.40. The van der Waals surface area contributed by atoms with E-state index in [1.165, 1.54) is 0 Å². The van der Waals surface area contributed by atoms with Gasteiger partial charge in [0.1, 0.15) is 48.4 Å². The molecule has 4 atom stereocenters. The van der Waals surface area contributed by atoms with Crippen molar-refractivity contribution in [3.05, 3.63) is 96.1 Å². The highest BCUT2D eigenvalue weighted by molar-refractivity contribution is 5.76. The minimum absolute atomic E-state index is 0.239. The molecule has 8 rings (SSSR count). The van der Waals surface area contributed by atoms with Crippen molar-refractivity contribution in [1.29, 1.82) is 0 Å². The fourth-order valence-corrected chi connectivity index (χ4v) is 4.92. The van der Waals surface area contributed by atoms with Crippen molar-refractivity contribution in [1.82, 2.24) is 0 Å². The van der Waals surface area contributed by atoms with Gasteiger partial charge < -0.3 is 39.1 Å². The maximum absolute atomic E-state index is 6.28. The topological polar surface area (TPSA) is 86.0 Å². The van der Waals surface area contributed by atoms with E-state index in [1.54, 1.807) is 0 Å². The van der Waals surface area contributed by atoms with Gasteiger partial charge in [-0.25, -0.2) is 0 Å². The lowest BCUT2D eigenvalue weighted by atomic mass is 10.0. The van der Waals surface area contributed by atoms with Crippen molar-refractivity contribution < 1.29 is 28.4 Å². The summed E-state index contributed by atoms with van der Waals surface area (Å²) in [7, 11) is 0. The summed E-state index contributed by atoms with van der Waals surface area (Å²) >= 11 is 0. The summed E-state index contributed by atoms with van der Waals surface area (Å²) in [5.74, 6) is 3.31. The van der Waals surface area contributed by atoms with Crippen molar-refractivity contribution in [2.75, 3.05) is 37.1 Å². The molecule has 4 heterocycles. The predicted octanol–water partition coefficient (Wildman–Crippen LogP) is 5.92. The molecule has 0 saturated carbocycles. The molecule has 0 aromatic heterocycles. The van der Waals surface area contributed by atoms with Crippen LogP contribution in [0.3, 0.4) is 0 Å². The minimum Gasteiger partial charge on any atom is -0.491 e. The van der Waals surface area contributed by atoms with Crippen LogP contribution in [-0.4, -0.2) is 38.6 Å². The molecule has 0 amide bonds. The number of nitrogens with one attached hydrogen (secondary N) is 2. The molecule has 0 radical (unpaired) electrons. The molecule has 2 saturated heterocycles. The highest BCUT2D eigenvalue weighted by atomic mass is 16.6. The monoisotopic (exact) mass is 536 g/mol. The predicted molar refractivity (Wildman–Crippen MR) is 149 cm³/mol. The summed E-state index contributed by atoms with van der Waals surface area (Å²) in [5.41, 5.74) is 6.12. The van der Waals surface area contributed by atoms with E-state index in [4.69, 9.17) is 28.4 Å². The molecule has 4 aromatic rings. The summed E-state index contributed by atoms with van der Waals surface area (Å²) < 4.78 is 34.5. The SMILES string of the molecule is c1cc(C2Nc3ccc(-c4ccc5c(c4)OC(c4ccc(OCC6CO6)cc4)N5)cc3O2)ccc1OCC1CO1. The van der Waals surface area contributed by atoms with E-state index < -0.39 is 0 Å². The summed E-state index contributed by atoms with van der Waals surface area (Å²) in [6.07, 6.45) is -0.0244. The normalized spacial score (nSPS) is 23.1. The van der Waals surface area contributed by atoms with Gasteiger partial charge in [0.05, 0.1) is 24.6 Å². The number of hydrogen-bond acceptors (Lipinski definition) is 8. The average molecular weight is 537 g/mol. The maximum atomic E-state index is 6.28. The Bertz CT molecular complexity index is 1420. The Morgan fingerprint density at radius 3 is 1.40 bits per heavy atom. The summed E-state index contributed by atoms with van der Waals surface area (Å²) in [6, 6.07) is 28.4. The van der Waals surface area contributed by atoms with Gasteiger partial charge in [-0.1, -0.05) is 12.1 Å². The van der Waals surface area contributed by atoms with Gasteiger partial charge in [0.15, 0.2) is 12.5 Å². The molecule has 202 valence electrons. The van der Waals surface area contributed by atoms with Crippen LogP contribution in [0.5, 0.6) is 23.0 Å². The van der Waals surface area contributed by atoms with Gasteiger partial charge in [0.25, 0.3) is 0 Å². The maximum Gasteiger partial charge on any atom is 0.196 e. The highest BCUT2D eigenvalue weighted by Crippen LogP contribution is 2.44. The largest absolute Gasteiger partial charge is 0.491 e. The van der Waals surface area contributed by atoms with E-state index in [0.29, 0.717) is 13.2 Å². The number of ether oxygens (including phenoxy) is 6. The highest BCUT2D eigenvalue weighted by Gasteiger charge is 2.27. The van der Waals surface area contributed by atoms with Gasteiger partial charge in [0.2, 0.25) is 0 Å². The van der Waals surface area contributed by atoms with Crippen molar-refractivity contribution in [2.45, 2.75) is 24.7 Å². The van der Waals surface area contributed by atoms with Crippen LogP contribution in [0.2, 0.25) is 0 Å². The van der Waals surface area contributed by atoms with E-state index in [-0.39, 0.29) is 24.7 Å². The number of anilines is 2. The fraction of sp³-hybridized carbons (Fsp3) is 0.250. The lowest BCUT2D eigenvalue weighted by Crippen LogP contribution is -2.10. The van der Waals surface area contributed by atoms with Crippen LogP contribution < -0.4 is 29.6 Å². The Morgan fingerprint density at radius 2 is 1.00 bits per heavy atom. The first kappa shape index (κ1) is 23.5. The smallest absolute Gasteiger partial charge is 0.196 e. The van der Waals surface area contributed by atoms with Crippen LogP contribution in [0.1, 0.15) is 23.6 Å². The molecule has 8 nitrogen and oxygen atoms in total. The second-order valence-electron chi connectivity index (χ2n) is 10.4. The van der Waals surface area contributed by atoms with Crippen molar-refractivity contribution in [3.63, 3.8) is 0 Å². The van der Waals surface area contributed by atoms with Gasteiger partial charge in [-0.15, -0.1) is 0 Å². The van der Waals surface area contributed by atoms with Crippen LogP contribution in [0.15, 0.2) is 84.9 Å². The van der Waals surface area contributed by atoms with E-state index in [1.807, 2.05) is 48.5 Å². The van der Waals surface area contributed by atoms with Crippen LogP contribution in [0.25, 0.3) is 11.1 Å². The van der Waals surface area contributed by atoms with E-state index >= 15 is 0 Å². The van der Waals surface area contributed by atoms with Crippen LogP contribution in [-0.2, 0) is 9.47 Å². The number of epoxide rings is 2. The third-order valence-electron chi connectivity index (χ3n) is 7.40. The van der Waals surface area contributed by atoms with Crippen molar-refractivity contribution in [2.24, 2.45) is 0 Å². The number of hydrogen-bond donors (Lipinski definition) is 2. The summed E-state index contributed by atoms with van der Waals surface area (Å²) in [4.78, 5) is 0. The third-order valence-corrected chi connectivity index (χ3v) is 7.40. The first-order valence-corrected chi connectivity index (χ1v) is 13.6. The van der Waals surface area contributed by atoms with Gasteiger partial charge >= 0.3 is 0 Å². The van der Waals surface area contributed by atoms with Crippen LogP contribution >= 0.6 is 0 Å². The second kappa shape index (κ2) is 9.66. The molecule has 40 heavy (non-hydrogen) atoms. The lowest BCUT2D eigenvalue weighted by Gasteiger charge is -2.12. The van der Waals surface area contributed by atoms with E-state index in [9.17, 15) is 0 Å². The van der Waals surface area contributed by atoms with Crippen molar-refractivity contribution >= 4 is 11.4 Å². The molecule has 0 bridgehead atoms. The van der Waals surface area contributed by atoms with Gasteiger partial charge in [-0.3, -0.25) is 0 Å². The Morgan fingerprint density at radius 1 is 0.575 bits per heavy atom. The molecule has 0 aliphatic carbocycles. The number of benzene rings is 4. The molecule has 4 unspecified atom stereocenters. The second-order valence-corrected chi connectivity index (χ2v) is 10.4. The Labute approximate surface area is 231 Å². The van der Waals surface area contributed by atoms with Gasteiger partial charge in [-0.2, -0.15) is 0 Å². The van der Waals surface area contributed by atoms with E-state index in [0.717, 1.165) is 69.8 Å². The van der Waals surface area contributed by atoms with Crippen molar-refractivity contribution in [3.8, 4) is 34.1 Å². The Balaban J connectivity index is 0.929. The first-order chi connectivity index (χ1) is 19.7. The molecule has 8 heteroatoms. The van der Waals surface area contributed by atoms with Crippen LogP contribution in [0, 0.1) is 0 Å². The number of fused-ring (bicyclic) bond motifs is 2. The molecule has 2 fully saturated rings. The molecule has 4 aliphatic rings. The summed E-state index contributed by atoms with van der Waals surface area (Å²) in [6.45, 7) is 2.76. The fourth-order valence-electron chi connectivity index (χ4n) is 4.92. The van der Waals surface area contributed by atoms with E-state index in [2.05, 4.69) is 47.0 Å². The average Bonchev–Trinajstić information content (AvgIpc) is 3.92. The molecular weight excluding hydrogens is 508 g/mol. The van der Waals surface area contributed by atoms with Gasteiger partial charge in [-0.05, 0) is 83.9 Å². The minimum atomic E-state index is -0.252. The quantitative estimate of drug-likeness (QED) is 0.255. The summed E-state index contributed by atoms with van der Waals surface area (Å²) in [5, 5.41) is 6.92. The molecule has 4 aromatic carbocycles. The van der Waals surface area contributed by atoms with Gasteiger partial charge in [0, 0.05) is 11.1 Å². The number of rotatable bonds is 9. The third kappa shape index (κ3) is 4.87. The standard InChI is InChI=1S/C32H28N2O6/c1-7-23(35-15-25-17-37-25)8-2-19(1)31-33-27-11-5-21(13-29(27)39-31)22-6-12-28-30(14-22)40-32(34-28)20-3-9-24(10-4-20)36-16-26-18-38-26/h1-14,25-26,31-34H,15-18H2. The Kier molecular flexibility index (Phi) is 5.67. The zero-order chi connectivity index (χ0) is 26.5. The molecule has 0 spiro atoms. The molecule has 2 N–H and O–H groups in total. The molecule has 4 aliphatic heterocycles. The lowest BCUT2D eigenvalue weighted by molar-refractivity contribution is 0.256.